The Bertz CT molecular complexity index is 1690. The van der Waals surface area contributed by atoms with Crippen LogP contribution >= 0.6 is 11.6 Å². The number of nitrogens with zero attached hydrogens (tertiary/aromatic N) is 3. The van der Waals surface area contributed by atoms with E-state index in [0.29, 0.717) is 30.5 Å². The summed E-state index contributed by atoms with van der Waals surface area (Å²) in [5.74, 6) is 0.182. The summed E-state index contributed by atoms with van der Waals surface area (Å²) >= 11 is 6.38. The highest BCUT2D eigenvalue weighted by atomic mass is 35.5. The fourth-order valence-electron chi connectivity index (χ4n) is 6.97. The van der Waals surface area contributed by atoms with Crippen molar-refractivity contribution in [2.75, 3.05) is 32.7 Å². The summed E-state index contributed by atoms with van der Waals surface area (Å²) in [6.07, 6.45) is 4.78. The Morgan fingerprint density at radius 3 is 2.53 bits per heavy atom. The molecule has 4 amide bonds. The largest absolute Gasteiger partial charge is 0.530 e. The number of amides is 4. The van der Waals surface area contributed by atoms with Gasteiger partial charge in [0.05, 0.1) is 0 Å². The van der Waals surface area contributed by atoms with Crippen LogP contribution in [0.15, 0.2) is 85.1 Å². The van der Waals surface area contributed by atoms with E-state index < -0.39 is 12.1 Å². The predicted octanol–water partition coefficient (Wildman–Crippen LogP) is 5.41. The molecular formula is C37H41ClN5O4-. The van der Waals surface area contributed by atoms with E-state index in [1.807, 2.05) is 85.1 Å². The minimum atomic E-state index is -1.13. The Kier molecular flexibility index (Phi) is 10.4. The van der Waals surface area contributed by atoms with Crippen molar-refractivity contribution < 1.29 is 19.5 Å². The Morgan fingerprint density at radius 1 is 1.00 bits per heavy atom. The minimum absolute atomic E-state index is 0.0671. The molecule has 2 atom stereocenters. The molecule has 1 aromatic heterocycles. The second-order valence-corrected chi connectivity index (χ2v) is 13.2. The normalized spacial score (nSPS) is 18.1. The van der Waals surface area contributed by atoms with Crippen molar-refractivity contribution in [3.8, 4) is 0 Å². The van der Waals surface area contributed by atoms with Crippen LogP contribution in [-0.4, -0.2) is 76.5 Å². The average molecular weight is 655 g/mol. The molecule has 9 nitrogen and oxygen atoms in total. The number of nitrogens with one attached hydrogen (secondary N) is 2. The van der Waals surface area contributed by atoms with Gasteiger partial charge in [-0.25, -0.2) is 4.79 Å². The lowest BCUT2D eigenvalue weighted by Crippen LogP contribution is -2.42. The number of hydrogen-bond donors (Lipinski definition) is 2. The van der Waals surface area contributed by atoms with Gasteiger partial charge in [0, 0.05) is 54.1 Å². The van der Waals surface area contributed by atoms with Gasteiger partial charge in [-0.15, -0.1) is 0 Å². The number of para-hydroxylation sites is 1. The van der Waals surface area contributed by atoms with Crippen LogP contribution in [0.25, 0.3) is 10.9 Å². The summed E-state index contributed by atoms with van der Waals surface area (Å²) in [6, 6.07) is 24.3. The number of halogens is 1. The number of rotatable bonds is 13. The standard InChI is InChI=1S/C37H42ClN5O4/c38-31-10-6-9-28(21-31)29(25-43-35(44)34(40-36(43)45)22-30-23-39-33-12-5-4-11-32(30)33)16-19-41-17-13-26(14-18-41)15-20-42(37(46)47)24-27-7-2-1-3-8-27/h1-12,21,23,26,29,34,39H,13-20,22,24-25H2,(H,40,45)(H,46,47)/p-1/t29?,34-/m1/s1. The number of carboxylic acid groups (broad SMARTS) is 1. The summed E-state index contributed by atoms with van der Waals surface area (Å²) in [5.41, 5.74) is 3.97. The number of H-pyrrole nitrogens is 1. The summed E-state index contributed by atoms with van der Waals surface area (Å²) in [6.45, 7) is 3.76. The van der Waals surface area contributed by atoms with E-state index in [2.05, 4.69) is 15.2 Å². The van der Waals surface area contributed by atoms with E-state index >= 15 is 0 Å². The van der Waals surface area contributed by atoms with Crippen LogP contribution in [0.2, 0.25) is 5.02 Å². The van der Waals surface area contributed by atoms with Gasteiger partial charge in [-0.3, -0.25) is 9.69 Å². The quantitative estimate of drug-likeness (QED) is 0.187. The van der Waals surface area contributed by atoms with Gasteiger partial charge < -0.3 is 30.0 Å². The van der Waals surface area contributed by atoms with Crippen molar-refractivity contribution in [2.24, 2.45) is 5.92 Å². The van der Waals surface area contributed by atoms with Crippen LogP contribution in [0.3, 0.4) is 0 Å². The summed E-state index contributed by atoms with van der Waals surface area (Å²) < 4.78 is 0. The Morgan fingerprint density at radius 2 is 1.77 bits per heavy atom. The monoisotopic (exact) mass is 654 g/mol. The van der Waals surface area contributed by atoms with E-state index in [9.17, 15) is 19.5 Å². The lowest BCUT2D eigenvalue weighted by atomic mass is 9.91. The van der Waals surface area contributed by atoms with E-state index in [1.165, 1.54) is 9.80 Å². The van der Waals surface area contributed by atoms with Crippen LogP contribution in [-0.2, 0) is 17.8 Å². The molecule has 0 spiro atoms. The number of urea groups is 1. The average Bonchev–Trinajstić information content (AvgIpc) is 3.61. The molecule has 246 valence electrons. The Hall–Kier alpha value is -4.34. The van der Waals surface area contributed by atoms with E-state index in [4.69, 9.17) is 11.6 Å². The summed E-state index contributed by atoms with van der Waals surface area (Å²) in [4.78, 5) is 46.9. The van der Waals surface area contributed by atoms with E-state index in [0.717, 1.165) is 72.9 Å². The molecule has 4 aromatic rings. The van der Waals surface area contributed by atoms with Gasteiger partial charge in [0.2, 0.25) is 0 Å². The van der Waals surface area contributed by atoms with Crippen LogP contribution in [0, 0.1) is 5.92 Å². The van der Waals surface area contributed by atoms with Gasteiger partial charge in [-0.1, -0.05) is 72.3 Å². The number of imide groups is 1. The highest BCUT2D eigenvalue weighted by molar-refractivity contribution is 6.30. The molecule has 0 bridgehead atoms. The van der Waals surface area contributed by atoms with Crippen LogP contribution in [0.4, 0.5) is 9.59 Å². The van der Waals surface area contributed by atoms with Crippen molar-refractivity contribution in [2.45, 2.75) is 50.6 Å². The number of carbonyl (C=O) groups is 3. The Balaban J connectivity index is 1.03. The second kappa shape index (κ2) is 15.0. The van der Waals surface area contributed by atoms with Gasteiger partial charge in [0.15, 0.2) is 0 Å². The lowest BCUT2D eigenvalue weighted by molar-refractivity contribution is -0.266. The fourth-order valence-corrected chi connectivity index (χ4v) is 7.17. The fraction of sp³-hybridized carbons (Fsp3) is 0.378. The van der Waals surface area contributed by atoms with Gasteiger partial charge in [-0.05, 0) is 86.1 Å². The zero-order chi connectivity index (χ0) is 32.8. The number of fused-ring (bicyclic) bond motifs is 1. The number of benzene rings is 3. The lowest BCUT2D eigenvalue weighted by Gasteiger charge is -2.34. The highest BCUT2D eigenvalue weighted by Crippen LogP contribution is 2.29. The molecule has 3 aromatic carbocycles. The number of carbonyl (C=O) groups excluding carboxylic acids is 3. The van der Waals surface area contributed by atoms with Gasteiger partial charge >= 0.3 is 6.03 Å². The molecule has 10 heteroatoms. The molecule has 2 N–H and O–H groups in total. The molecule has 2 aliphatic rings. The molecule has 2 saturated heterocycles. The third-order valence-corrected chi connectivity index (χ3v) is 9.95. The smallest absolute Gasteiger partial charge is 0.324 e. The van der Waals surface area contributed by atoms with Crippen molar-refractivity contribution in [1.82, 2.24) is 25.0 Å². The molecule has 0 radical (unpaired) electrons. The Labute approximate surface area is 280 Å². The number of aromatic amines is 1. The van der Waals surface area contributed by atoms with Crippen LogP contribution < -0.4 is 10.4 Å². The third kappa shape index (κ3) is 8.15. The van der Waals surface area contributed by atoms with Crippen molar-refractivity contribution >= 4 is 40.5 Å². The number of likely N-dealkylation sites (tertiary alicyclic amines) is 1. The molecule has 3 heterocycles. The molecule has 1 unspecified atom stereocenters. The molecule has 47 heavy (non-hydrogen) atoms. The summed E-state index contributed by atoms with van der Waals surface area (Å²) in [5, 5.41) is 16.4. The first kappa shape index (κ1) is 32.6. The number of hydrogen-bond acceptors (Lipinski definition) is 5. The predicted molar refractivity (Wildman–Crippen MR) is 181 cm³/mol. The van der Waals surface area contributed by atoms with E-state index in [1.54, 1.807) is 0 Å². The first-order valence-corrected chi connectivity index (χ1v) is 16.9. The van der Waals surface area contributed by atoms with Gasteiger partial charge in [0.1, 0.15) is 12.1 Å². The topological polar surface area (TPSA) is 112 Å². The second-order valence-electron chi connectivity index (χ2n) is 12.8. The number of piperidine rings is 1. The maximum absolute atomic E-state index is 13.6. The molecular weight excluding hydrogens is 614 g/mol. The minimum Gasteiger partial charge on any atom is -0.530 e. The molecule has 2 fully saturated rings. The third-order valence-electron chi connectivity index (χ3n) is 9.71. The molecule has 0 saturated carbocycles. The first-order chi connectivity index (χ1) is 22.8. The molecule has 2 aliphatic heterocycles. The van der Waals surface area contributed by atoms with E-state index in [-0.39, 0.29) is 24.4 Å². The van der Waals surface area contributed by atoms with Crippen molar-refractivity contribution in [1.29, 1.82) is 0 Å². The molecule has 0 aliphatic carbocycles. The van der Waals surface area contributed by atoms with Gasteiger partial charge in [-0.2, -0.15) is 0 Å². The first-order valence-electron chi connectivity index (χ1n) is 16.5. The number of aromatic nitrogens is 1. The van der Waals surface area contributed by atoms with Crippen molar-refractivity contribution in [3.05, 3.63) is 107 Å². The maximum Gasteiger partial charge on any atom is 0.324 e. The van der Waals surface area contributed by atoms with Crippen LogP contribution in [0.5, 0.6) is 0 Å². The SMILES string of the molecule is O=C([O-])N(CCC1CCN(CCC(CN2C(=O)N[C@H](Cc3c[nH]c4ccccc34)C2=O)c2cccc(Cl)c2)CC1)Cc1ccccc1. The van der Waals surface area contributed by atoms with Crippen LogP contribution in [0.1, 0.15) is 48.3 Å². The van der Waals surface area contributed by atoms with Crippen molar-refractivity contribution in [3.63, 3.8) is 0 Å². The maximum atomic E-state index is 13.6. The highest BCUT2D eigenvalue weighted by Gasteiger charge is 2.39. The molecule has 6 rings (SSSR count). The zero-order valence-electron chi connectivity index (χ0n) is 26.4. The zero-order valence-corrected chi connectivity index (χ0v) is 27.2. The summed E-state index contributed by atoms with van der Waals surface area (Å²) in [7, 11) is 0. The van der Waals surface area contributed by atoms with Gasteiger partial charge in [0.25, 0.3) is 5.91 Å².